The number of rotatable bonds is 3. The van der Waals surface area contributed by atoms with E-state index in [-0.39, 0.29) is 5.54 Å². The Morgan fingerprint density at radius 1 is 1.43 bits per heavy atom. The van der Waals surface area contributed by atoms with E-state index in [0.717, 1.165) is 11.6 Å². The summed E-state index contributed by atoms with van der Waals surface area (Å²) in [6.45, 7) is 4.46. The maximum absolute atomic E-state index is 5.67. The molecule has 1 heterocycles. The van der Waals surface area contributed by atoms with Gasteiger partial charge in [-0.25, -0.2) is 0 Å². The molecule has 1 fully saturated rings. The summed E-state index contributed by atoms with van der Waals surface area (Å²) in [5.74, 6) is 0.795. The van der Waals surface area contributed by atoms with Gasteiger partial charge >= 0.3 is 0 Å². The molecule has 1 saturated carbocycles. The lowest BCUT2D eigenvalue weighted by Gasteiger charge is -2.27. The maximum Gasteiger partial charge on any atom is 0.0551 e. The molecule has 0 spiro atoms. The molecule has 0 atom stereocenters. The van der Waals surface area contributed by atoms with E-state index in [9.17, 15) is 0 Å². The first-order valence-corrected chi connectivity index (χ1v) is 5.06. The Morgan fingerprint density at radius 2 is 2.14 bits per heavy atom. The predicted molar refractivity (Wildman–Crippen MR) is 59.1 cm³/mol. The van der Waals surface area contributed by atoms with E-state index in [1.54, 1.807) is 6.20 Å². The minimum atomic E-state index is 0.162. The van der Waals surface area contributed by atoms with Crippen LogP contribution in [0.25, 0.3) is 0 Å². The van der Waals surface area contributed by atoms with Gasteiger partial charge in [-0.3, -0.25) is 4.98 Å². The molecule has 0 amide bonds. The average molecular weight is 191 g/mol. The summed E-state index contributed by atoms with van der Waals surface area (Å²) < 4.78 is 0. The second kappa shape index (κ2) is 3.15. The van der Waals surface area contributed by atoms with Gasteiger partial charge in [-0.15, -0.1) is 0 Å². The van der Waals surface area contributed by atoms with Crippen LogP contribution in [0.15, 0.2) is 18.5 Å². The molecule has 76 valence electrons. The first kappa shape index (κ1) is 9.31. The standard InChI is InChI=1S/C11H17N3/c1-11(2,8-3-4-8)14-10-5-9(12)6-13-7-10/h5-8,14H,3-4,12H2,1-2H3. The van der Waals surface area contributed by atoms with Crippen molar-refractivity contribution >= 4 is 11.4 Å². The van der Waals surface area contributed by atoms with Crippen molar-refractivity contribution in [3.63, 3.8) is 0 Å². The Kier molecular flexibility index (Phi) is 2.10. The van der Waals surface area contributed by atoms with Crippen LogP contribution >= 0.6 is 0 Å². The normalized spacial score (nSPS) is 16.7. The summed E-state index contributed by atoms with van der Waals surface area (Å²) in [4.78, 5) is 4.06. The summed E-state index contributed by atoms with van der Waals surface area (Å²) in [6.07, 6.45) is 6.14. The lowest BCUT2D eigenvalue weighted by atomic mass is 9.98. The molecule has 0 radical (unpaired) electrons. The molecule has 14 heavy (non-hydrogen) atoms. The van der Waals surface area contributed by atoms with Crippen molar-refractivity contribution < 1.29 is 0 Å². The molecule has 3 N–H and O–H groups in total. The molecule has 1 aromatic heterocycles. The molecular formula is C11H17N3. The highest BCUT2D eigenvalue weighted by atomic mass is 15.0. The molecule has 1 aliphatic rings. The fourth-order valence-corrected chi connectivity index (χ4v) is 1.81. The summed E-state index contributed by atoms with van der Waals surface area (Å²) in [7, 11) is 0. The van der Waals surface area contributed by atoms with E-state index in [4.69, 9.17) is 5.73 Å². The van der Waals surface area contributed by atoms with Gasteiger partial charge in [-0.2, -0.15) is 0 Å². The van der Waals surface area contributed by atoms with E-state index < -0.39 is 0 Å². The Bertz CT molecular complexity index is 329. The van der Waals surface area contributed by atoms with Crippen LogP contribution in [0.5, 0.6) is 0 Å². The van der Waals surface area contributed by atoms with E-state index >= 15 is 0 Å². The second-order valence-corrected chi connectivity index (χ2v) is 4.63. The third-order valence-corrected chi connectivity index (χ3v) is 2.82. The van der Waals surface area contributed by atoms with Gasteiger partial charge in [-0.05, 0) is 38.7 Å². The van der Waals surface area contributed by atoms with Crippen LogP contribution in [-0.2, 0) is 0 Å². The van der Waals surface area contributed by atoms with Gasteiger partial charge in [0, 0.05) is 11.7 Å². The number of nitrogens with one attached hydrogen (secondary N) is 1. The average Bonchev–Trinajstić information content (AvgIpc) is 2.84. The number of nitrogens with zero attached hydrogens (tertiary/aromatic N) is 1. The van der Waals surface area contributed by atoms with Crippen molar-refractivity contribution in [1.82, 2.24) is 4.98 Å². The molecule has 3 nitrogen and oxygen atoms in total. The van der Waals surface area contributed by atoms with Crippen molar-refractivity contribution in [1.29, 1.82) is 0 Å². The summed E-state index contributed by atoms with van der Waals surface area (Å²) in [5.41, 5.74) is 7.55. The number of nitrogen functional groups attached to an aromatic ring is 1. The van der Waals surface area contributed by atoms with Gasteiger partial charge in [0.05, 0.1) is 17.6 Å². The molecule has 0 aromatic carbocycles. The van der Waals surface area contributed by atoms with Gasteiger partial charge in [0.1, 0.15) is 0 Å². The molecular weight excluding hydrogens is 174 g/mol. The molecule has 2 rings (SSSR count). The fraction of sp³-hybridized carbons (Fsp3) is 0.545. The quantitative estimate of drug-likeness (QED) is 0.770. The topological polar surface area (TPSA) is 50.9 Å². The third-order valence-electron chi connectivity index (χ3n) is 2.82. The van der Waals surface area contributed by atoms with E-state index in [1.807, 2.05) is 12.3 Å². The van der Waals surface area contributed by atoms with Crippen LogP contribution in [0.4, 0.5) is 11.4 Å². The monoisotopic (exact) mass is 191 g/mol. The molecule has 0 unspecified atom stereocenters. The molecule has 0 saturated heterocycles. The van der Waals surface area contributed by atoms with Crippen LogP contribution in [0.1, 0.15) is 26.7 Å². The number of hydrogen-bond acceptors (Lipinski definition) is 3. The van der Waals surface area contributed by atoms with Gasteiger partial charge in [0.15, 0.2) is 0 Å². The number of hydrogen-bond donors (Lipinski definition) is 2. The van der Waals surface area contributed by atoms with Gasteiger partial charge < -0.3 is 11.1 Å². The van der Waals surface area contributed by atoms with Crippen LogP contribution in [-0.4, -0.2) is 10.5 Å². The van der Waals surface area contributed by atoms with Gasteiger partial charge in [-0.1, -0.05) is 0 Å². The van der Waals surface area contributed by atoms with E-state index in [0.29, 0.717) is 5.69 Å². The maximum atomic E-state index is 5.67. The van der Waals surface area contributed by atoms with Crippen LogP contribution in [0, 0.1) is 5.92 Å². The highest BCUT2D eigenvalue weighted by molar-refractivity contribution is 5.52. The predicted octanol–water partition coefficient (Wildman–Crippen LogP) is 2.26. The van der Waals surface area contributed by atoms with Crippen molar-refractivity contribution in [3.8, 4) is 0 Å². The second-order valence-electron chi connectivity index (χ2n) is 4.63. The number of nitrogens with two attached hydrogens (primary N) is 1. The van der Waals surface area contributed by atoms with E-state index in [2.05, 4.69) is 24.1 Å². The zero-order valence-corrected chi connectivity index (χ0v) is 8.75. The SMILES string of the molecule is CC(C)(Nc1cncc(N)c1)C1CC1. The number of anilines is 2. The first-order valence-electron chi connectivity index (χ1n) is 5.06. The summed E-state index contributed by atoms with van der Waals surface area (Å²) in [5, 5.41) is 3.48. The van der Waals surface area contributed by atoms with E-state index in [1.165, 1.54) is 12.8 Å². The lowest BCUT2D eigenvalue weighted by molar-refractivity contribution is 0.494. The molecule has 0 bridgehead atoms. The Balaban J connectivity index is 2.09. The highest BCUT2D eigenvalue weighted by Crippen LogP contribution is 2.41. The smallest absolute Gasteiger partial charge is 0.0551 e. The fourth-order valence-electron chi connectivity index (χ4n) is 1.81. The zero-order chi connectivity index (χ0) is 10.2. The van der Waals surface area contributed by atoms with Gasteiger partial charge in [0.25, 0.3) is 0 Å². The van der Waals surface area contributed by atoms with Crippen molar-refractivity contribution in [2.24, 2.45) is 5.92 Å². The number of aromatic nitrogens is 1. The highest BCUT2D eigenvalue weighted by Gasteiger charge is 2.37. The van der Waals surface area contributed by atoms with Crippen molar-refractivity contribution in [2.75, 3.05) is 11.1 Å². The van der Waals surface area contributed by atoms with Gasteiger partial charge in [0.2, 0.25) is 0 Å². The minimum Gasteiger partial charge on any atom is -0.397 e. The van der Waals surface area contributed by atoms with Crippen molar-refractivity contribution in [3.05, 3.63) is 18.5 Å². The Hall–Kier alpha value is -1.25. The van der Waals surface area contributed by atoms with Crippen LogP contribution in [0.2, 0.25) is 0 Å². The Morgan fingerprint density at radius 3 is 2.71 bits per heavy atom. The third kappa shape index (κ3) is 1.97. The molecule has 0 aliphatic heterocycles. The molecule has 1 aromatic rings. The van der Waals surface area contributed by atoms with Crippen LogP contribution in [0.3, 0.4) is 0 Å². The minimum absolute atomic E-state index is 0.162. The Labute approximate surface area is 84.7 Å². The molecule has 3 heteroatoms. The van der Waals surface area contributed by atoms with Crippen LogP contribution < -0.4 is 11.1 Å². The summed E-state index contributed by atoms with van der Waals surface area (Å²) in [6, 6.07) is 1.93. The summed E-state index contributed by atoms with van der Waals surface area (Å²) >= 11 is 0. The van der Waals surface area contributed by atoms with Crippen molar-refractivity contribution in [2.45, 2.75) is 32.2 Å². The lowest BCUT2D eigenvalue weighted by Crippen LogP contribution is -2.33. The largest absolute Gasteiger partial charge is 0.397 e. The first-order chi connectivity index (χ1) is 6.58. The zero-order valence-electron chi connectivity index (χ0n) is 8.75. The number of pyridine rings is 1. The molecule has 1 aliphatic carbocycles.